The van der Waals surface area contributed by atoms with Crippen molar-refractivity contribution in [1.29, 1.82) is 0 Å². The Hall–Kier alpha value is -0.600. The van der Waals surface area contributed by atoms with Gasteiger partial charge in [0.2, 0.25) is 0 Å². The average molecular weight is 191 g/mol. The summed E-state index contributed by atoms with van der Waals surface area (Å²) in [7, 11) is -4.61. The Morgan fingerprint density at radius 1 is 1.36 bits per heavy atom. The van der Waals surface area contributed by atoms with E-state index < -0.39 is 28.8 Å². The van der Waals surface area contributed by atoms with Gasteiger partial charge in [-0.1, -0.05) is 0 Å². The average Bonchev–Trinajstić information content (AvgIpc) is 1.80. The molecule has 0 saturated carbocycles. The predicted octanol–water partition coefficient (Wildman–Crippen LogP) is 0.456. The van der Waals surface area contributed by atoms with E-state index in [4.69, 9.17) is 4.55 Å². The molecule has 0 heterocycles. The van der Waals surface area contributed by atoms with Gasteiger partial charge in [-0.05, 0) is 0 Å². The third-order valence-electron chi connectivity index (χ3n) is 0.615. The molecule has 0 aromatic heterocycles. The van der Waals surface area contributed by atoms with Gasteiger partial charge in [0.05, 0.1) is 6.54 Å². The van der Waals surface area contributed by atoms with Crippen molar-refractivity contribution >= 4 is 10.3 Å². The van der Waals surface area contributed by atoms with Crippen LogP contribution in [0.1, 0.15) is 0 Å². The molecule has 0 unspecified atom stereocenters. The topological polar surface area (TPSA) is 66.4 Å². The summed E-state index contributed by atoms with van der Waals surface area (Å²) in [6, 6.07) is 0. The van der Waals surface area contributed by atoms with Gasteiger partial charge in [0.25, 0.3) is 0 Å². The fourth-order valence-electron chi connectivity index (χ4n) is 0.221. The molecular weight excluding hydrogens is 187 g/mol. The normalized spacial score (nSPS) is 11.3. The van der Waals surface area contributed by atoms with Gasteiger partial charge in [0.1, 0.15) is 0 Å². The lowest BCUT2D eigenvalue weighted by Crippen LogP contribution is -2.24. The first-order chi connectivity index (χ1) is 4.83. The number of halogens is 3. The van der Waals surface area contributed by atoms with Crippen LogP contribution in [0.5, 0.6) is 0 Å². The summed E-state index contributed by atoms with van der Waals surface area (Å²) in [5, 5.41) is 0. The van der Waals surface area contributed by atoms with Crippen molar-refractivity contribution in [2.45, 2.75) is 0 Å². The van der Waals surface area contributed by atoms with E-state index in [1.807, 2.05) is 0 Å². The van der Waals surface area contributed by atoms with Crippen LogP contribution in [-0.2, 0) is 10.3 Å². The summed E-state index contributed by atoms with van der Waals surface area (Å²) in [5.74, 6) is -1.93. The fraction of sp³-hybridized carbons (Fsp3) is 0.333. The van der Waals surface area contributed by atoms with Crippen molar-refractivity contribution in [1.82, 2.24) is 4.72 Å². The van der Waals surface area contributed by atoms with Crippen molar-refractivity contribution in [2.75, 3.05) is 6.54 Å². The second kappa shape index (κ2) is 3.69. The Morgan fingerprint density at radius 2 is 1.82 bits per heavy atom. The molecule has 0 radical (unpaired) electrons. The van der Waals surface area contributed by atoms with E-state index in [0.29, 0.717) is 0 Å². The zero-order valence-corrected chi connectivity index (χ0v) is 5.83. The first-order valence-corrected chi connectivity index (χ1v) is 3.68. The maximum atomic E-state index is 11.7. The van der Waals surface area contributed by atoms with Crippen LogP contribution in [0.25, 0.3) is 0 Å². The first-order valence-electron chi connectivity index (χ1n) is 2.24. The molecule has 0 aliphatic rings. The Morgan fingerprint density at radius 3 is 2.09 bits per heavy atom. The zero-order chi connectivity index (χ0) is 9.07. The smallest absolute Gasteiger partial charge is 0.273 e. The lowest BCUT2D eigenvalue weighted by atomic mass is 10.6. The van der Waals surface area contributed by atoms with E-state index in [-0.39, 0.29) is 0 Å². The maximum Gasteiger partial charge on any atom is 0.333 e. The largest absolute Gasteiger partial charge is 0.333 e. The molecule has 0 amide bonds. The van der Waals surface area contributed by atoms with Crippen molar-refractivity contribution < 1.29 is 26.1 Å². The number of rotatable bonds is 3. The van der Waals surface area contributed by atoms with Crippen LogP contribution in [0.3, 0.4) is 0 Å². The van der Waals surface area contributed by atoms with E-state index in [1.165, 1.54) is 0 Å². The molecule has 8 heteroatoms. The van der Waals surface area contributed by atoms with Gasteiger partial charge in [0.15, 0.2) is 5.83 Å². The lowest BCUT2D eigenvalue weighted by molar-refractivity contribution is 0.373. The minimum atomic E-state index is -4.61. The highest BCUT2D eigenvalue weighted by atomic mass is 32.2. The van der Waals surface area contributed by atoms with E-state index in [0.717, 1.165) is 4.72 Å². The quantitative estimate of drug-likeness (QED) is 0.636. The molecule has 0 fully saturated rings. The van der Waals surface area contributed by atoms with Crippen LogP contribution in [0.4, 0.5) is 13.2 Å². The van der Waals surface area contributed by atoms with Crippen LogP contribution in [0, 0.1) is 0 Å². The van der Waals surface area contributed by atoms with Crippen LogP contribution in [0.15, 0.2) is 11.9 Å². The highest BCUT2D eigenvalue weighted by molar-refractivity contribution is 7.83. The van der Waals surface area contributed by atoms with E-state index in [2.05, 4.69) is 0 Å². The van der Waals surface area contributed by atoms with Gasteiger partial charge in [0, 0.05) is 0 Å². The molecule has 0 spiro atoms. The number of hydrogen-bond acceptors (Lipinski definition) is 2. The second-order valence-electron chi connectivity index (χ2n) is 1.46. The molecular formula is C3H4F3NO3S. The molecule has 0 atom stereocenters. The fourth-order valence-corrected chi connectivity index (χ4v) is 0.531. The summed E-state index contributed by atoms with van der Waals surface area (Å²) < 4.78 is 62.7. The van der Waals surface area contributed by atoms with E-state index in [1.54, 1.807) is 0 Å². The van der Waals surface area contributed by atoms with Gasteiger partial charge in [-0.25, -0.2) is 4.39 Å². The minimum absolute atomic E-state index is 1.12. The summed E-state index contributed by atoms with van der Waals surface area (Å²) in [6.07, 6.45) is -2.62. The van der Waals surface area contributed by atoms with E-state index >= 15 is 0 Å². The Labute approximate surface area is 60.6 Å². The van der Waals surface area contributed by atoms with Gasteiger partial charge in [-0.3, -0.25) is 4.55 Å². The standard InChI is InChI=1S/C3H4F3NO3S/c4-2(3(5)6)1-7-11(8,9)10/h7H,1H2,(H,8,9,10). The van der Waals surface area contributed by atoms with E-state index in [9.17, 15) is 21.6 Å². The summed E-state index contributed by atoms with van der Waals surface area (Å²) in [4.78, 5) is 0. The molecule has 4 nitrogen and oxygen atoms in total. The molecule has 0 aliphatic carbocycles. The first kappa shape index (κ1) is 10.4. The third-order valence-corrected chi connectivity index (χ3v) is 1.12. The van der Waals surface area contributed by atoms with Gasteiger partial charge in [-0.15, -0.1) is 0 Å². The maximum absolute atomic E-state index is 11.7. The third kappa shape index (κ3) is 5.83. The minimum Gasteiger partial charge on any atom is -0.273 e. The lowest BCUT2D eigenvalue weighted by Gasteiger charge is -1.95. The molecule has 66 valence electrons. The molecule has 2 N–H and O–H groups in total. The number of hydrogen-bond donors (Lipinski definition) is 2. The van der Waals surface area contributed by atoms with Gasteiger partial charge in [-0.2, -0.15) is 21.9 Å². The molecule has 0 rings (SSSR count). The zero-order valence-electron chi connectivity index (χ0n) is 5.01. The molecule has 0 aromatic carbocycles. The van der Waals surface area contributed by atoms with Crippen LogP contribution >= 0.6 is 0 Å². The summed E-state index contributed by atoms with van der Waals surface area (Å²) in [6.45, 7) is -1.25. The highest BCUT2D eigenvalue weighted by Gasteiger charge is 2.08. The second-order valence-corrected chi connectivity index (χ2v) is 2.70. The van der Waals surface area contributed by atoms with Crippen molar-refractivity contribution in [3.63, 3.8) is 0 Å². The Balaban J connectivity index is 4.03. The van der Waals surface area contributed by atoms with Crippen molar-refractivity contribution in [3.05, 3.63) is 11.9 Å². The van der Waals surface area contributed by atoms with Crippen LogP contribution in [0.2, 0.25) is 0 Å². The highest BCUT2D eigenvalue weighted by Crippen LogP contribution is 2.07. The van der Waals surface area contributed by atoms with Crippen LogP contribution < -0.4 is 4.72 Å². The molecule has 11 heavy (non-hydrogen) atoms. The molecule has 0 aliphatic heterocycles. The monoisotopic (exact) mass is 191 g/mol. The molecule has 0 saturated heterocycles. The predicted molar refractivity (Wildman–Crippen MR) is 29.9 cm³/mol. The Bertz CT molecular complexity index is 255. The van der Waals surface area contributed by atoms with Crippen LogP contribution in [-0.4, -0.2) is 19.5 Å². The van der Waals surface area contributed by atoms with Crippen molar-refractivity contribution in [2.24, 2.45) is 0 Å². The summed E-state index contributed by atoms with van der Waals surface area (Å²) in [5.41, 5.74) is 0. The van der Waals surface area contributed by atoms with Crippen molar-refractivity contribution in [3.8, 4) is 0 Å². The number of nitrogens with one attached hydrogen (secondary N) is 1. The van der Waals surface area contributed by atoms with Gasteiger partial charge < -0.3 is 0 Å². The van der Waals surface area contributed by atoms with Gasteiger partial charge >= 0.3 is 16.4 Å². The molecule has 0 aromatic rings. The SMILES string of the molecule is O=S(=O)(O)NCC(F)=C(F)F. The molecule has 0 bridgehead atoms. The Kier molecular flexibility index (Phi) is 3.49. The summed E-state index contributed by atoms with van der Waals surface area (Å²) >= 11 is 0.